The molecule has 0 fully saturated rings. The van der Waals surface area contributed by atoms with Crippen molar-refractivity contribution in [2.24, 2.45) is 0 Å². The first-order chi connectivity index (χ1) is 14.9. The highest BCUT2D eigenvalue weighted by Gasteiger charge is 2.30. The van der Waals surface area contributed by atoms with Gasteiger partial charge in [-0.1, -0.05) is 23.4 Å². The molecule has 160 valence electrons. The van der Waals surface area contributed by atoms with E-state index in [1.165, 1.54) is 0 Å². The Labute approximate surface area is 180 Å². The van der Waals surface area contributed by atoms with Crippen molar-refractivity contribution in [3.8, 4) is 5.75 Å². The summed E-state index contributed by atoms with van der Waals surface area (Å²) >= 11 is 0. The summed E-state index contributed by atoms with van der Waals surface area (Å²) in [7, 11) is 0. The Morgan fingerprint density at radius 1 is 1.13 bits per heavy atom. The normalized spacial score (nSPS) is 13.6. The second-order valence-corrected chi connectivity index (χ2v) is 7.53. The van der Waals surface area contributed by atoms with Crippen LogP contribution < -0.4 is 9.64 Å². The van der Waals surface area contributed by atoms with E-state index in [2.05, 4.69) is 5.16 Å². The van der Waals surface area contributed by atoms with Crippen molar-refractivity contribution in [2.45, 2.75) is 39.9 Å². The molecule has 2 heterocycles. The molecular formula is C24H24N2O5. The second kappa shape index (κ2) is 8.63. The lowest BCUT2D eigenvalue weighted by Gasteiger charge is -2.21. The van der Waals surface area contributed by atoms with Crippen molar-refractivity contribution in [3.63, 3.8) is 0 Å². The van der Waals surface area contributed by atoms with E-state index in [-0.39, 0.29) is 5.91 Å². The quantitative estimate of drug-likeness (QED) is 0.561. The molecule has 31 heavy (non-hydrogen) atoms. The molecule has 4 rings (SSSR count). The van der Waals surface area contributed by atoms with Gasteiger partial charge in [0.25, 0.3) is 5.91 Å². The van der Waals surface area contributed by atoms with Crippen LogP contribution in [0.1, 0.15) is 39.9 Å². The van der Waals surface area contributed by atoms with Crippen molar-refractivity contribution in [3.05, 3.63) is 76.7 Å². The number of benzene rings is 2. The van der Waals surface area contributed by atoms with E-state index in [9.17, 15) is 9.59 Å². The molecule has 1 atom stereocenters. The van der Waals surface area contributed by atoms with E-state index in [0.29, 0.717) is 24.5 Å². The topological polar surface area (TPSA) is 81.9 Å². The molecule has 0 saturated heterocycles. The molecule has 0 radical (unpaired) electrons. The minimum absolute atomic E-state index is 0.224. The molecule has 0 bridgehead atoms. The molecule has 1 aromatic heterocycles. The van der Waals surface area contributed by atoms with Gasteiger partial charge in [-0.3, -0.25) is 4.79 Å². The summed E-state index contributed by atoms with van der Waals surface area (Å²) < 4.78 is 16.3. The van der Waals surface area contributed by atoms with Gasteiger partial charge in [-0.05, 0) is 63.1 Å². The van der Waals surface area contributed by atoms with Crippen molar-refractivity contribution in [2.75, 3.05) is 11.4 Å². The van der Waals surface area contributed by atoms with Crippen LogP contribution in [-0.2, 0) is 22.6 Å². The van der Waals surface area contributed by atoms with Crippen molar-refractivity contribution < 1.29 is 23.6 Å². The number of hydrogen-bond donors (Lipinski definition) is 0. The number of amides is 1. The van der Waals surface area contributed by atoms with Crippen LogP contribution in [0.2, 0.25) is 0 Å². The van der Waals surface area contributed by atoms with Gasteiger partial charge < -0.3 is 18.9 Å². The molecule has 0 aliphatic carbocycles. The van der Waals surface area contributed by atoms with E-state index in [0.717, 1.165) is 34.7 Å². The van der Waals surface area contributed by atoms with Gasteiger partial charge in [0.05, 0.1) is 16.8 Å². The number of aromatic nitrogens is 1. The predicted octanol–water partition coefficient (Wildman–Crippen LogP) is 4.01. The first-order valence-electron chi connectivity index (χ1n) is 10.2. The van der Waals surface area contributed by atoms with Crippen LogP contribution in [0.3, 0.4) is 0 Å². The number of aryl methyl sites for hydroxylation is 2. The highest BCUT2D eigenvalue weighted by atomic mass is 16.5. The number of carbonyl (C=O) groups excluding carboxylic acids is 2. The fourth-order valence-electron chi connectivity index (χ4n) is 3.62. The number of anilines is 1. The highest BCUT2D eigenvalue weighted by Crippen LogP contribution is 2.28. The summed E-state index contributed by atoms with van der Waals surface area (Å²) in [6, 6.07) is 14.4. The van der Waals surface area contributed by atoms with E-state index < -0.39 is 12.1 Å². The zero-order valence-corrected chi connectivity index (χ0v) is 17.8. The van der Waals surface area contributed by atoms with Gasteiger partial charge in [0.15, 0.2) is 6.10 Å². The maximum atomic E-state index is 12.8. The van der Waals surface area contributed by atoms with E-state index in [1.54, 1.807) is 36.1 Å². The van der Waals surface area contributed by atoms with E-state index in [1.807, 2.05) is 38.1 Å². The van der Waals surface area contributed by atoms with E-state index in [4.69, 9.17) is 14.0 Å². The number of para-hydroxylation sites is 1. The maximum Gasteiger partial charge on any atom is 0.338 e. The zero-order valence-electron chi connectivity index (χ0n) is 17.8. The van der Waals surface area contributed by atoms with Crippen LogP contribution in [0, 0.1) is 13.8 Å². The molecule has 3 aromatic rings. The Bertz CT molecular complexity index is 1080. The van der Waals surface area contributed by atoms with Crippen LogP contribution in [0.5, 0.6) is 5.75 Å². The van der Waals surface area contributed by atoms with Crippen molar-refractivity contribution in [1.29, 1.82) is 0 Å². The molecule has 1 aliphatic heterocycles. The van der Waals surface area contributed by atoms with Crippen LogP contribution in [0.4, 0.5) is 5.69 Å². The van der Waals surface area contributed by atoms with Gasteiger partial charge in [0, 0.05) is 12.2 Å². The third kappa shape index (κ3) is 4.30. The number of hydrogen-bond acceptors (Lipinski definition) is 6. The average Bonchev–Trinajstić information content (AvgIpc) is 3.35. The molecule has 0 spiro atoms. The molecule has 2 aromatic carbocycles. The minimum atomic E-state index is -0.880. The standard InChI is InChI=1S/C24H24N2O5/c1-15-21(16(2)31-25-15)14-29-20-10-8-19(9-11-20)24(28)30-17(3)23(27)26-13-12-18-6-4-5-7-22(18)26/h4-11,17H,12-14H2,1-3H3. The van der Waals surface area contributed by atoms with Gasteiger partial charge >= 0.3 is 5.97 Å². The van der Waals surface area contributed by atoms with Crippen molar-refractivity contribution in [1.82, 2.24) is 5.16 Å². The van der Waals surface area contributed by atoms with Gasteiger partial charge in [0.2, 0.25) is 0 Å². The van der Waals surface area contributed by atoms with Crippen LogP contribution in [-0.4, -0.2) is 29.7 Å². The molecule has 0 N–H and O–H groups in total. The average molecular weight is 420 g/mol. The Morgan fingerprint density at radius 2 is 1.87 bits per heavy atom. The summed E-state index contributed by atoms with van der Waals surface area (Å²) in [6.07, 6.45) is -0.0769. The SMILES string of the molecule is Cc1noc(C)c1COc1ccc(C(=O)OC(C)C(=O)N2CCc3ccccc32)cc1. The number of rotatable bonds is 6. The van der Waals surface area contributed by atoms with E-state index >= 15 is 0 Å². The first-order valence-corrected chi connectivity index (χ1v) is 10.2. The summed E-state index contributed by atoms with van der Waals surface area (Å²) in [6.45, 7) is 6.21. The molecule has 0 saturated carbocycles. The summed E-state index contributed by atoms with van der Waals surface area (Å²) in [5.41, 5.74) is 4.05. The Hall–Kier alpha value is -3.61. The van der Waals surface area contributed by atoms with Gasteiger partial charge in [-0.15, -0.1) is 0 Å². The van der Waals surface area contributed by atoms with Crippen LogP contribution in [0.15, 0.2) is 53.1 Å². The summed E-state index contributed by atoms with van der Waals surface area (Å²) in [5.74, 6) is 0.551. The van der Waals surface area contributed by atoms with Crippen LogP contribution in [0.25, 0.3) is 0 Å². The largest absolute Gasteiger partial charge is 0.489 e. The highest BCUT2D eigenvalue weighted by molar-refractivity contribution is 6.00. The molecular weight excluding hydrogens is 396 g/mol. The Balaban J connectivity index is 1.35. The lowest BCUT2D eigenvalue weighted by Crippen LogP contribution is -2.39. The molecule has 1 aliphatic rings. The third-order valence-electron chi connectivity index (χ3n) is 5.44. The lowest BCUT2D eigenvalue weighted by atomic mass is 10.2. The second-order valence-electron chi connectivity index (χ2n) is 7.53. The number of carbonyl (C=O) groups is 2. The molecule has 7 nitrogen and oxygen atoms in total. The summed E-state index contributed by atoms with van der Waals surface area (Å²) in [4.78, 5) is 27.0. The minimum Gasteiger partial charge on any atom is -0.489 e. The Morgan fingerprint density at radius 3 is 2.58 bits per heavy atom. The number of ether oxygens (including phenoxy) is 2. The third-order valence-corrected chi connectivity index (χ3v) is 5.44. The monoisotopic (exact) mass is 420 g/mol. The molecule has 1 amide bonds. The number of nitrogens with zero attached hydrogens (tertiary/aromatic N) is 2. The fourth-order valence-corrected chi connectivity index (χ4v) is 3.62. The van der Waals surface area contributed by atoms with Gasteiger partial charge in [-0.2, -0.15) is 0 Å². The summed E-state index contributed by atoms with van der Waals surface area (Å²) in [5, 5.41) is 3.90. The maximum absolute atomic E-state index is 12.8. The zero-order chi connectivity index (χ0) is 22.0. The Kier molecular flexibility index (Phi) is 5.75. The van der Waals surface area contributed by atoms with Gasteiger partial charge in [-0.25, -0.2) is 4.79 Å². The van der Waals surface area contributed by atoms with Crippen molar-refractivity contribution >= 4 is 17.6 Å². The fraction of sp³-hybridized carbons (Fsp3) is 0.292. The van der Waals surface area contributed by atoms with Gasteiger partial charge in [0.1, 0.15) is 18.1 Å². The first kappa shape index (κ1) is 20.7. The number of esters is 1. The number of fused-ring (bicyclic) bond motifs is 1. The molecule has 7 heteroatoms. The molecule has 1 unspecified atom stereocenters. The predicted molar refractivity (Wildman–Crippen MR) is 114 cm³/mol. The van der Waals surface area contributed by atoms with Crippen LogP contribution >= 0.6 is 0 Å². The smallest absolute Gasteiger partial charge is 0.338 e. The lowest BCUT2D eigenvalue weighted by molar-refractivity contribution is -0.126.